The number of H-pyrrole nitrogens is 1. The van der Waals surface area contributed by atoms with Crippen LogP contribution in [0.3, 0.4) is 0 Å². The van der Waals surface area contributed by atoms with Gasteiger partial charge in [-0.3, -0.25) is 14.2 Å². The molecule has 11 heteroatoms. The van der Waals surface area contributed by atoms with Crippen LogP contribution in [0.15, 0.2) is 60.7 Å². The number of thiophene rings is 1. The molecule has 2 aromatic carbocycles. The molecule has 3 heterocycles. The number of nitrogens with zero attached hydrogens (tertiary/aromatic N) is 3. The van der Waals surface area contributed by atoms with E-state index in [1.807, 2.05) is 24.3 Å². The van der Waals surface area contributed by atoms with Crippen molar-refractivity contribution in [2.75, 3.05) is 0 Å². The van der Waals surface area contributed by atoms with Gasteiger partial charge in [0.25, 0.3) is 5.91 Å². The predicted octanol–water partition coefficient (Wildman–Crippen LogP) is 4.63. The molecule has 1 amide bonds. The second kappa shape index (κ2) is 9.40. The Morgan fingerprint density at radius 2 is 1.81 bits per heavy atom. The highest BCUT2D eigenvalue weighted by Gasteiger charge is 2.26. The summed E-state index contributed by atoms with van der Waals surface area (Å²) in [5.74, 6) is -1.18. The Hall–Kier alpha value is -4.28. The van der Waals surface area contributed by atoms with E-state index in [1.165, 1.54) is 6.07 Å². The molecule has 5 rings (SSSR count). The van der Waals surface area contributed by atoms with Gasteiger partial charge in [-0.2, -0.15) is 0 Å². The average Bonchev–Trinajstić information content (AvgIpc) is 3.58. The van der Waals surface area contributed by atoms with Crippen molar-refractivity contribution in [3.05, 3.63) is 99.0 Å². The van der Waals surface area contributed by atoms with Gasteiger partial charge < -0.3 is 15.4 Å². The highest BCUT2D eigenvalue weighted by Crippen LogP contribution is 2.32. The number of amides is 1. The lowest BCUT2D eigenvalue weighted by molar-refractivity contribution is 0.0701. The van der Waals surface area contributed by atoms with Crippen LogP contribution in [-0.2, 0) is 6.54 Å². The number of aromatic nitrogens is 4. The molecule has 3 aromatic heterocycles. The number of aromatic amines is 1. The maximum atomic E-state index is 13.4. The van der Waals surface area contributed by atoms with Gasteiger partial charge >= 0.3 is 5.97 Å². The topological polar surface area (TPSA) is 130 Å². The minimum atomic E-state index is -1.17. The van der Waals surface area contributed by atoms with Crippen molar-refractivity contribution in [1.82, 2.24) is 25.1 Å². The van der Waals surface area contributed by atoms with Crippen LogP contribution >= 0.6 is 22.9 Å². The normalized spacial score (nSPS) is 11.1. The third kappa shape index (κ3) is 4.28. The maximum Gasteiger partial charge on any atom is 0.345 e. The number of para-hydroxylation sites is 1. The second-order valence-corrected chi connectivity index (χ2v) is 9.33. The van der Waals surface area contributed by atoms with Crippen molar-refractivity contribution < 1.29 is 19.5 Å². The quantitative estimate of drug-likeness (QED) is 0.269. The van der Waals surface area contributed by atoms with E-state index >= 15 is 0 Å². The SMILES string of the molecule is Cc1nnc(CNC(=O)c2cc3ccccc3[nH]2)n1-c1sc(C(=O)O)cc1C(=O)c1ccccc1Cl. The van der Waals surface area contributed by atoms with Gasteiger partial charge in [-0.15, -0.1) is 21.5 Å². The zero-order chi connectivity index (χ0) is 25.4. The Morgan fingerprint density at radius 1 is 1.06 bits per heavy atom. The second-order valence-electron chi connectivity index (χ2n) is 7.90. The fraction of sp³-hybridized carbons (Fsp3) is 0.0800. The summed E-state index contributed by atoms with van der Waals surface area (Å²) < 4.78 is 1.58. The fourth-order valence-electron chi connectivity index (χ4n) is 3.84. The van der Waals surface area contributed by atoms with Gasteiger partial charge in [0.1, 0.15) is 21.4 Å². The van der Waals surface area contributed by atoms with Gasteiger partial charge in [0.2, 0.25) is 0 Å². The van der Waals surface area contributed by atoms with Crippen LogP contribution in [0.4, 0.5) is 0 Å². The van der Waals surface area contributed by atoms with E-state index in [-0.39, 0.29) is 33.5 Å². The van der Waals surface area contributed by atoms with E-state index < -0.39 is 11.8 Å². The molecule has 3 N–H and O–H groups in total. The summed E-state index contributed by atoms with van der Waals surface area (Å²) in [5, 5.41) is 22.1. The number of aromatic carboxylic acids is 1. The standard InChI is InChI=1S/C25H18ClN5O4S/c1-13-29-30-21(12-27-23(33)19-10-14-6-2-5-9-18(14)28-19)31(13)24-16(11-20(36-24)25(34)35)22(32)15-7-3-4-8-17(15)26/h2-11,28H,12H2,1H3,(H,27,33)(H,34,35). The van der Waals surface area contributed by atoms with E-state index in [0.717, 1.165) is 22.2 Å². The number of rotatable bonds is 7. The van der Waals surface area contributed by atoms with Gasteiger partial charge in [0.15, 0.2) is 11.6 Å². The number of benzene rings is 2. The Balaban J connectivity index is 1.49. The number of carbonyl (C=O) groups excluding carboxylic acids is 2. The first-order valence-electron chi connectivity index (χ1n) is 10.8. The van der Waals surface area contributed by atoms with Crippen molar-refractivity contribution in [3.63, 3.8) is 0 Å². The van der Waals surface area contributed by atoms with Crippen molar-refractivity contribution in [2.45, 2.75) is 13.5 Å². The molecule has 9 nitrogen and oxygen atoms in total. The van der Waals surface area contributed by atoms with Gasteiger partial charge in [-0.1, -0.05) is 41.9 Å². The highest BCUT2D eigenvalue weighted by molar-refractivity contribution is 7.16. The van der Waals surface area contributed by atoms with Gasteiger partial charge in [-0.25, -0.2) is 4.79 Å². The van der Waals surface area contributed by atoms with Crippen LogP contribution < -0.4 is 5.32 Å². The number of aryl methyl sites for hydroxylation is 1. The molecule has 0 atom stereocenters. The molecule has 0 unspecified atom stereocenters. The number of nitrogens with one attached hydrogen (secondary N) is 2. The summed E-state index contributed by atoms with van der Waals surface area (Å²) in [6.07, 6.45) is 0. The smallest absolute Gasteiger partial charge is 0.345 e. The molecule has 0 saturated heterocycles. The third-order valence-corrected chi connectivity index (χ3v) is 7.00. The lowest BCUT2D eigenvalue weighted by atomic mass is 10.0. The zero-order valence-corrected chi connectivity index (χ0v) is 20.4. The van der Waals surface area contributed by atoms with Crippen molar-refractivity contribution >= 4 is 51.5 Å². The van der Waals surface area contributed by atoms with Crippen LogP contribution in [0.5, 0.6) is 0 Å². The van der Waals surface area contributed by atoms with Crippen LogP contribution in [0, 0.1) is 6.92 Å². The van der Waals surface area contributed by atoms with E-state index in [0.29, 0.717) is 22.3 Å². The van der Waals surface area contributed by atoms with Crippen LogP contribution in [0.1, 0.15) is 47.7 Å². The first kappa shape index (κ1) is 23.5. The molecule has 0 saturated carbocycles. The summed E-state index contributed by atoms with van der Waals surface area (Å²) >= 11 is 7.15. The predicted molar refractivity (Wildman–Crippen MR) is 135 cm³/mol. The molecule has 180 valence electrons. The summed E-state index contributed by atoms with van der Waals surface area (Å²) in [6, 6.07) is 17.2. The fourth-order valence-corrected chi connectivity index (χ4v) is 5.13. The monoisotopic (exact) mass is 519 g/mol. The van der Waals surface area contributed by atoms with Gasteiger partial charge in [-0.05, 0) is 37.3 Å². The van der Waals surface area contributed by atoms with Crippen molar-refractivity contribution in [1.29, 1.82) is 0 Å². The number of carbonyl (C=O) groups is 3. The Bertz CT molecular complexity index is 1620. The van der Waals surface area contributed by atoms with Crippen LogP contribution in [0.2, 0.25) is 5.02 Å². The van der Waals surface area contributed by atoms with E-state index in [1.54, 1.807) is 41.8 Å². The zero-order valence-electron chi connectivity index (χ0n) is 18.8. The number of carboxylic acid groups (broad SMARTS) is 1. The third-order valence-electron chi connectivity index (χ3n) is 5.56. The molecular formula is C25H18ClN5O4S. The van der Waals surface area contributed by atoms with Crippen LogP contribution in [-0.4, -0.2) is 42.5 Å². The number of halogens is 1. The molecule has 0 aliphatic heterocycles. The molecule has 0 bridgehead atoms. The molecule has 0 aliphatic carbocycles. The van der Waals surface area contributed by atoms with Gasteiger partial charge in [0, 0.05) is 16.5 Å². The van der Waals surface area contributed by atoms with E-state index in [4.69, 9.17) is 11.6 Å². The molecule has 0 fully saturated rings. The number of hydrogen-bond acceptors (Lipinski definition) is 6. The van der Waals surface area contributed by atoms with E-state index in [9.17, 15) is 19.5 Å². The van der Waals surface area contributed by atoms with E-state index in [2.05, 4.69) is 20.5 Å². The highest BCUT2D eigenvalue weighted by atomic mass is 35.5. The average molecular weight is 520 g/mol. The number of carboxylic acids is 1. The largest absolute Gasteiger partial charge is 0.477 e. The molecule has 5 aromatic rings. The molecule has 0 spiro atoms. The van der Waals surface area contributed by atoms with Crippen molar-refractivity contribution in [2.24, 2.45) is 0 Å². The lowest BCUT2D eigenvalue weighted by Gasteiger charge is -2.10. The summed E-state index contributed by atoms with van der Waals surface area (Å²) in [7, 11) is 0. The van der Waals surface area contributed by atoms with Crippen LogP contribution in [0.25, 0.3) is 15.9 Å². The maximum absolute atomic E-state index is 13.4. The molecule has 36 heavy (non-hydrogen) atoms. The summed E-state index contributed by atoms with van der Waals surface area (Å²) in [6.45, 7) is 1.68. The number of fused-ring (bicyclic) bond motifs is 1. The minimum absolute atomic E-state index is 0.00489. The van der Waals surface area contributed by atoms with Gasteiger partial charge in [0.05, 0.1) is 17.1 Å². The summed E-state index contributed by atoms with van der Waals surface area (Å²) in [5.41, 5.74) is 1.62. The number of ketones is 1. The first-order valence-corrected chi connectivity index (χ1v) is 12.0. The number of hydrogen-bond donors (Lipinski definition) is 3. The summed E-state index contributed by atoms with van der Waals surface area (Å²) in [4.78, 5) is 41.0. The Morgan fingerprint density at radius 3 is 2.56 bits per heavy atom. The molecular weight excluding hydrogens is 502 g/mol. The Labute approximate surface area is 213 Å². The van der Waals surface area contributed by atoms with Crippen molar-refractivity contribution in [3.8, 4) is 5.00 Å². The molecule has 0 aliphatic rings. The minimum Gasteiger partial charge on any atom is -0.477 e. The lowest BCUT2D eigenvalue weighted by Crippen LogP contribution is -2.25. The first-order chi connectivity index (χ1) is 17.3. The Kier molecular flexibility index (Phi) is 6.13. The molecule has 0 radical (unpaired) electrons.